The molecule has 2 atom stereocenters. The Labute approximate surface area is 165 Å². The molecule has 0 bridgehead atoms. The van der Waals surface area contributed by atoms with E-state index < -0.39 is 17.2 Å². The van der Waals surface area contributed by atoms with Crippen molar-refractivity contribution < 1.29 is 14.3 Å². The summed E-state index contributed by atoms with van der Waals surface area (Å²) in [4.78, 5) is 16.7. The third kappa shape index (κ3) is 3.63. The molecule has 0 saturated carbocycles. The van der Waals surface area contributed by atoms with E-state index in [0.29, 0.717) is 15.6 Å². The molecule has 1 heterocycles. The molecule has 2 aromatic rings. The zero-order valence-corrected chi connectivity index (χ0v) is 15.7. The summed E-state index contributed by atoms with van der Waals surface area (Å²) >= 11 is 11.9. The second kappa shape index (κ2) is 7.43. The van der Waals surface area contributed by atoms with Gasteiger partial charge in [-0.2, -0.15) is 5.26 Å². The highest BCUT2D eigenvalue weighted by atomic mass is 35.5. The minimum atomic E-state index is -2.36. The first kappa shape index (κ1) is 19.6. The quantitative estimate of drug-likeness (QED) is 0.807. The summed E-state index contributed by atoms with van der Waals surface area (Å²) in [6.07, 6.45) is 0.827. The SMILES string of the molecule is N#CCC1(O)CC[C@@](F)(C(=O)NCc2ccc(Cl)cc2Cl)c2cccnc21. The van der Waals surface area contributed by atoms with Crippen LogP contribution in [0.1, 0.15) is 36.1 Å². The molecule has 2 N–H and O–H groups in total. The summed E-state index contributed by atoms with van der Waals surface area (Å²) in [5.74, 6) is -0.846. The van der Waals surface area contributed by atoms with Crippen LogP contribution in [0.2, 0.25) is 10.0 Å². The Balaban J connectivity index is 1.87. The largest absolute Gasteiger partial charge is 0.382 e. The van der Waals surface area contributed by atoms with Gasteiger partial charge in [0.2, 0.25) is 5.67 Å². The lowest BCUT2D eigenvalue weighted by Gasteiger charge is -2.38. The number of benzene rings is 1. The number of amides is 1. The molecule has 140 valence electrons. The van der Waals surface area contributed by atoms with E-state index in [1.807, 2.05) is 6.07 Å². The molecular formula is C19H16Cl2FN3O2. The Kier molecular flexibility index (Phi) is 5.38. The van der Waals surface area contributed by atoms with Gasteiger partial charge in [-0.25, -0.2) is 4.39 Å². The van der Waals surface area contributed by atoms with Crippen molar-refractivity contribution in [2.45, 2.75) is 37.1 Å². The van der Waals surface area contributed by atoms with Crippen molar-refractivity contribution in [3.8, 4) is 6.07 Å². The molecule has 27 heavy (non-hydrogen) atoms. The highest BCUT2D eigenvalue weighted by Gasteiger charge is 2.51. The van der Waals surface area contributed by atoms with E-state index >= 15 is 4.39 Å². The maximum Gasteiger partial charge on any atom is 0.262 e. The van der Waals surface area contributed by atoms with Crippen molar-refractivity contribution in [3.05, 3.63) is 63.4 Å². The Morgan fingerprint density at radius 1 is 1.37 bits per heavy atom. The van der Waals surface area contributed by atoms with Gasteiger partial charge in [0.05, 0.1) is 18.2 Å². The first-order valence-corrected chi connectivity index (χ1v) is 9.02. The minimum absolute atomic E-state index is 0.0197. The number of nitriles is 1. The average molecular weight is 408 g/mol. The molecular weight excluding hydrogens is 392 g/mol. The van der Waals surface area contributed by atoms with Gasteiger partial charge in [0.15, 0.2) is 0 Å². The molecule has 0 saturated heterocycles. The van der Waals surface area contributed by atoms with Gasteiger partial charge in [-0.05, 0) is 36.6 Å². The number of carbonyl (C=O) groups excluding carboxylic acids is 1. The summed E-state index contributed by atoms with van der Waals surface area (Å²) in [5, 5.41) is 23.0. The number of rotatable bonds is 4. The predicted molar refractivity (Wildman–Crippen MR) is 98.7 cm³/mol. The smallest absolute Gasteiger partial charge is 0.262 e. The fourth-order valence-electron chi connectivity index (χ4n) is 3.25. The van der Waals surface area contributed by atoms with Crippen LogP contribution >= 0.6 is 23.2 Å². The monoisotopic (exact) mass is 407 g/mol. The number of fused-ring (bicyclic) bond motifs is 1. The molecule has 8 heteroatoms. The molecule has 1 aliphatic carbocycles. The van der Waals surface area contributed by atoms with Crippen LogP contribution in [-0.2, 0) is 22.6 Å². The van der Waals surface area contributed by atoms with Crippen LogP contribution in [0.3, 0.4) is 0 Å². The maximum absolute atomic E-state index is 15.7. The highest BCUT2D eigenvalue weighted by Crippen LogP contribution is 2.46. The Morgan fingerprint density at radius 3 is 2.85 bits per heavy atom. The zero-order chi connectivity index (χ0) is 19.7. The normalized spacial score (nSPS) is 24.0. The lowest BCUT2D eigenvalue weighted by molar-refractivity contribution is -0.137. The lowest BCUT2D eigenvalue weighted by atomic mass is 9.73. The third-order valence-electron chi connectivity index (χ3n) is 4.74. The molecule has 0 fully saturated rings. The van der Waals surface area contributed by atoms with Crippen molar-refractivity contribution in [2.75, 3.05) is 0 Å². The van der Waals surface area contributed by atoms with Gasteiger partial charge in [0, 0.05) is 28.4 Å². The van der Waals surface area contributed by atoms with Crippen LogP contribution in [0.5, 0.6) is 0 Å². The highest BCUT2D eigenvalue weighted by molar-refractivity contribution is 6.35. The number of alkyl halides is 1. The second-order valence-corrected chi connectivity index (χ2v) is 7.33. The number of hydrogen-bond acceptors (Lipinski definition) is 4. The van der Waals surface area contributed by atoms with Gasteiger partial charge in [0.1, 0.15) is 5.60 Å². The topological polar surface area (TPSA) is 86.0 Å². The predicted octanol–water partition coefficient (Wildman–Crippen LogP) is 3.76. The first-order valence-electron chi connectivity index (χ1n) is 8.26. The number of nitrogens with zero attached hydrogens (tertiary/aromatic N) is 2. The van der Waals surface area contributed by atoms with Gasteiger partial charge in [-0.15, -0.1) is 0 Å². The number of pyridine rings is 1. The van der Waals surface area contributed by atoms with Gasteiger partial charge in [-0.1, -0.05) is 35.3 Å². The van der Waals surface area contributed by atoms with E-state index in [2.05, 4.69) is 10.3 Å². The molecule has 0 aliphatic heterocycles. The summed E-state index contributed by atoms with van der Waals surface area (Å²) in [6.45, 7) is 0.0264. The van der Waals surface area contributed by atoms with E-state index in [1.165, 1.54) is 24.4 Å². The number of aromatic nitrogens is 1. The van der Waals surface area contributed by atoms with Crippen molar-refractivity contribution >= 4 is 29.1 Å². The standard InChI is InChI=1S/C19H16Cl2FN3O2/c20-13-4-3-12(15(21)10-13)11-25-17(26)19(22)6-5-18(27,7-8-23)16-14(19)2-1-9-24-16/h1-4,9-10,27H,5-7,11H2,(H,25,26)/t18?,19-/m0/s1. The molecule has 1 amide bonds. The lowest BCUT2D eigenvalue weighted by Crippen LogP contribution is -2.47. The Hall–Kier alpha value is -2.20. The third-order valence-corrected chi connectivity index (χ3v) is 5.33. The van der Waals surface area contributed by atoms with E-state index in [4.69, 9.17) is 28.5 Å². The van der Waals surface area contributed by atoms with Gasteiger partial charge in [0.25, 0.3) is 5.91 Å². The fraction of sp³-hybridized carbons (Fsp3) is 0.316. The summed E-state index contributed by atoms with van der Waals surface area (Å²) < 4.78 is 15.7. The summed E-state index contributed by atoms with van der Waals surface area (Å²) in [7, 11) is 0. The molecule has 1 aromatic heterocycles. The molecule has 1 aromatic carbocycles. The van der Waals surface area contributed by atoms with Gasteiger partial charge >= 0.3 is 0 Å². The number of carbonyl (C=O) groups is 1. The fourth-order valence-corrected chi connectivity index (χ4v) is 3.72. The minimum Gasteiger partial charge on any atom is -0.382 e. The van der Waals surface area contributed by atoms with Crippen LogP contribution < -0.4 is 5.32 Å². The molecule has 0 spiro atoms. The van der Waals surface area contributed by atoms with Crippen LogP contribution in [0.15, 0.2) is 36.5 Å². The van der Waals surface area contributed by atoms with E-state index in [1.54, 1.807) is 12.1 Å². The van der Waals surface area contributed by atoms with E-state index in [9.17, 15) is 9.90 Å². The van der Waals surface area contributed by atoms with E-state index in [-0.39, 0.29) is 37.1 Å². The van der Waals surface area contributed by atoms with Gasteiger partial charge in [-0.3, -0.25) is 9.78 Å². The second-order valence-electron chi connectivity index (χ2n) is 6.49. The number of hydrogen-bond donors (Lipinski definition) is 2. The van der Waals surface area contributed by atoms with Crippen LogP contribution in [0, 0.1) is 11.3 Å². The molecule has 3 rings (SSSR count). The summed E-state index contributed by atoms with van der Waals surface area (Å²) in [6, 6.07) is 9.62. The van der Waals surface area contributed by atoms with Crippen molar-refractivity contribution in [3.63, 3.8) is 0 Å². The van der Waals surface area contributed by atoms with E-state index in [0.717, 1.165) is 0 Å². The first-order chi connectivity index (χ1) is 12.8. The van der Waals surface area contributed by atoms with Crippen LogP contribution in [-0.4, -0.2) is 16.0 Å². The van der Waals surface area contributed by atoms with Crippen molar-refractivity contribution in [1.29, 1.82) is 5.26 Å². The Morgan fingerprint density at radius 2 is 2.15 bits per heavy atom. The molecule has 5 nitrogen and oxygen atoms in total. The number of nitrogens with one attached hydrogen (secondary N) is 1. The average Bonchev–Trinajstić information content (AvgIpc) is 2.65. The molecule has 0 radical (unpaired) electrons. The summed E-state index contributed by atoms with van der Waals surface area (Å²) in [5.41, 5.74) is -3.32. The number of aliphatic hydroxyl groups is 1. The van der Waals surface area contributed by atoms with Crippen molar-refractivity contribution in [1.82, 2.24) is 10.3 Å². The maximum atomic E-state index is 15.7. The Bertz CT molecular complexity index is 933. The van der Waals surface area contributed by atoms with Crippen LogP contribution in [0.25, 0.3) is 0 Å². The van der Waals surface area contributed by atoms with Gasteiger partial charge < -0.3 is 10.4 Å². The van der Waals surface area contributed by atoms with Crippen LogP contribution in [0.4, 0.5) is 4.39 Å². The van der Waals surface area contributed by atoms with Crippen molar-refractivity contribution in [2.24, 2.45) is 0 Å². The number of halogens is 3. The molecule has 1 unspecified atom stereocenters. The zero-order valence-electron chi connectivity index (χ0n) is 14.2. The molecule has 1 aliphatic rings.